The lowest BCUT2D eigenvalue weighted by Crippen LogP contribution is -2.49. The molecular weight excluding hydrogens is 552 g/mol. The number of nitrogens with two attached hydrogens (primary N) is 1. The van der Waals surface area contributed by atoms with Crippen LogP contribution >= 0.6 is 0 Å². The maximum atomic E-state index is 13.1. The quantitative estimate of drug-likeness (QED) is 0.137. The molecule has 4 aromatic rings. The van der Waals surface area contributed by atoms with Crippen molar-refractivity contribution in [2.75, 3.05) is 19.7 Å². The normalized spacial score (nSPS) is 12.2. The van der Waals surface area contributed by atoms with Crippen LogP contribution in [-0.4, -0.2) is 43.8 Å². The molecule has 0 radical (unpaired) electrons. The van der Waals surface area contributed by atoms with E-state index in [1.807, 2.05) is 79.7 Å². The lowest BCUT2D eigenvalue weighted by molar-refractivity contribution is 0.0935. The van der Waals surface area contributed by atoms with Gasteiger partial charge in [-0.1, -0.05) is 84.9 Å². The van der Waals surface area contributed by atoms with Crippen LogP contribution in [0, 0.1) is 0 Å². The fourth-order valence-electron chi connectivity index (χ4n) is 4.93. The fourth-order valence-corrected chi connectivity index (χ4v) is 4.93. The van der Waals surface area contributed by atoms with Gasteiger partial charge >= 0.3 is 6.09 Å². The molecule has 5 N–H and O–H groups in total. The first-order chi connectivity index (χ1) is 21.5. The van der Waals surface area contributed by atoms with Crippen LogP contribution in [0.4, 0.5) is 4.79 Å². The molecule has 0 aliphatic rings. The Morgan fingerprint density at radius 1 is 0.705 bits per heavy atom. The van der Waals surface area contributed by atoms with E-state index < -0.39 is 6.09 Å². The number of carbonyl (C=O) groups is 2. The van der Waals surface area contributed by atoms with Gasteiger partial charge < -0.3 is 31.2 Å². The third-order valence-corrected chi connectivity index (χ3v) is 7.19. The summed E-state index contributed by atoms with van der Waals surface area (Å²) in [5, 5.41) is 10.6. The zero-order valence-corrected chi connectivity index (χ0v) is 25.2. The van der Waals surface area contributed by atoms with E-state index in [1.165, 1.54) is 5.56 Å². The molecule has 0 bridgehead atoms. The third-order valence-electron chi connectivity index (χ3n) is 7.19. The van der Waals surface area contributed by atoms with Crippen molar-refractivity contribution in [1.29, 1.82) is 0 Å². The number of hydrogen-bond acceptors (Lipinski definition) is 6. The summed E-state index contributed by atoms with van der Waals surface area (Å²) in [5.74, 6) is 0.743. The zero-order valence-electron chi connectivity index (χ0n) is 25.2. The average Bonchev–Trinajstić information content (AvgIpc) is 3.05. The van der Waals surface area contributed by atoms with Crippen LogP contribution in [0.3, 0.4) is 0 Å². The molecule has 0 aliphatic carbocycles. The number of carbonyl (C=O) groups excluding carboxylic acids is 2. The second-order valence-electron chi connectivity index (χ2n) is 10.7. The van der Waals surface area contributed by atoms with E-state index in [0.29, 0.717) is 31.7 Å². The van der Waals surface area contributed by atoms with Crippen molar-refractivity contribution < 1.29 is 19.1 Å². The Morgan fingerprint density at radius 2 is 1.30 bits per heavy atom. The molecule has 2 amide bonds. The van der Waals surface area contributed by atoms with Gasteiger partial charge in [-0.05, 0) is 66.3 Å². The standard InChI is InChI=1S/C36H42N4O4/c1-2-43-34-19-17-28(18-20-34)22-33(40-35(41)31-11-7-4-8-12-31)25-39-32(21-27-9-5-3-6-10-27)24-38-23-29-13-15-30(16-14-29)26-44-36(37)42/h3-20,32-33,38-39H,2,21-26H2,1H3,(H2,37,42)(H,40,41). The Hall–Kier alpha value is -4.66. The van der Waals surface area contributed by atoms with E-state index in [9.17, 15) is 9.59 Å². The first-order valence-corrected chi connectivity index (χ1v) is 15.0. The van der Waals surface area contributed by atoms with Gasteiger partial charge in [-0.15, -0.1) is 0 Å². The highest BCUT2D eigenvalue weighted by Crippen LogP contribution is 2.14. The number of rotatable bonds is 17. The van der Waals surface area contributed by atoms with E-state index >= 15 is 0 Å². The summed E-state index contributed by atoms with van der Waals surface area (Å²) in [7, 11) is 0. The molecule has 2 unspecified atom stereocenters. The summed E-state index contributed by atoms with van der Waals surface area (Å²) < 4.78 is 10.5. The van der Waals surface area contributed by atoms with Crippen LogP contribution in [0.1, 0.15) is 39.5 Å². The number of benzene rings is 4. The third kappa shape index (κ3) is 11.2. The minimum absolute atomic E-state index is 0.0919. The van der Waals surface area contributed by atoms with Crippen molar-refractivity contribution in [1.82, 2.24) is 16.0 Å². The minimum Gasteiger partial charge on any atom is -0.494 e. The number of nitrogens with one attached hydrogen (secondary N) is 3. The molecule has 0 saturated heterocycles. The summed E-state index contributed by atoms with van der Waals surface area (Å²) in [6.45, 7) is 4.75. The monoisotopic (exact) mass is 594 g/mol. The number of amides is 2. The van der Waals surface area contributed by atoms with Gasteiger partial charge in [-0.3, -0.25) is 4.79 Å². The molecular formula is C36H42N4O4. The van der Waals surface area contributed by atoms with Crippen molar-refractivity contribution in [3.63, 3.8) is 0 Å². The second-order valence-corrected chi connectivity index (χ2v) is 10.7. The zero-order chi connectivity index (χ0) is 31.0. The molecule has 0 fully saturated rings. The van der Waals surface area contributed by atoms with E-state index in [1.54, 1.807) is 0 Å². The van der Waals surface area contributed by atoms with Crippen LogP contribution in [-0.2, 0) is 30.7 Å². The molecule has 0 spiro atoms. The topological polar surface area (TPSA) is 115 Å². The number of primary amides is 1. The Kier molecular flexibility index (Phi) is 12.8. The van der Waals surface area contributed by atoms with Crippen LogP contribution in [0.5, 0.6) is 5.75 Å². The van der Waals surface area contributed by atoms with Crippen molar-refractivity contribution in [2.45, 2.75) is 45.0 Å². The van der Waals surface area contributed by atoms with Gasteiger partial charge in [0.25, 0.3) is 5.91 Å². The molecule has 44 heavy (non-hydrogen) atoms. The Bertz CT molecular complexity index is 1410. The van der Waals surface area contributed by atoms with Gasteiger partial charge in [0.15, 0.2) is 0 Å². The lowest BCUT2D eigenvalue weighted by atomic mass is 10.0. The molecule has 0 aliphatic heterocycles. The van der Waals surface area contributed by atoms with Crippen molar-refractivity contribution in [3.8, 4) is 5.75 Å². The predicted octanol–water partition coefficient (Wildman–Crippen LogP) is 5.01. The van der Waals surface area contributed by atoms with Gasteiger partial charge in [0, 0.05) is 37.3 Å². The SMILES string of the molecule is CCOc1ccc(CC(CNC(CNCc2ccc(COC(N)=O)cc2)Cc2ccccc2)NC(=O)c2ccccc2)cc1. The fraction of sp³-hybridized carbons (Fsp3) is 0.278. The van der Waals surface area contributed by atoms with Crippen molar-refractivity contribution in [2.24, 2.45) is 5.73 Å². The summed E-state index contributed by atoms with van der Waals surface area (Å²) in [4.78, 5) is 24.0. The van der Waals surface area contributed by atoms with Crippen LogP contribution < -0.4 is 26.4 Å². The van der Waals surface area contributed by atoms with Gasteiger partial charge in [-0.2, -0.15) is 0 Å². The summed E-state index contributed by atoms with van der Waals surface area (Å²) >= 11 is 0. The highest BCUT2D eigenvalue weighted by atomic mass is 16.5. The molecule has 4 rings (SSSR count). The average molecular weight is 595 g/mol. The summed E-state index contributed by atoms with van der Waals surface area (Å²) in [6, 6.07) is 35.7. The molecule has 230 valence electrons. The Balaban J connectivity index is 1.41. The van der Waals surface area contributed by atoms with Gasteiger partial charge in [0.2, 0.25) is 0 Å². The lowest BCUT2D eigenvalue weighted by Gasteiger charge is -2.25. The molecule has 0 saturated carbocycles. The van der Waals surface area contributed by atoms with Gasteiger partial charge in [-0.25, -0.2) is 4.79 Å². The largest absolute Gasteiger partial charge is 0.494 e. The highest BCUT2D eigenvalue weighted by molar-refractivity contribution is 5.94. The van der Waals surface area contributed by atoms with Crippen molar-refractivity contribution >= 4 is 12.0 Å². The van der Waals surface area contributed by atoms with Crippen LogP contribution in [0.25, 0.3) is 0 Å². The molecule has 8 heteroatoms. The van der Waals surface area contributed by atoms with E-state index in [2.05, 4.69) is 52.3 Å². The predicted molar refractivity (Wildman–Crippen MR) is 173 cm³/mol. The second kappa shape index (κ2) is 17.5. The molecule has 2 atom stereocenters. The molecule has 4 aromatic carbocycles. The smallest absolute Gasteiger partial charge is 0.404 e. The van der Waals surface area contributed by atoms with Crippen molar-refractivity contribution in [3.05, 3.63) is 137 Å². The minimum atomic E-state index is -0.783. The summed E-state index contributed by atoms with van der Waals surface area (Å²) in [5.41, 5.74) is 10.1. The van der Waals surface area contributed by atoms with Gasteiger partial charge in [0.05, 0.1) is 6.61 Å². The summed E-state index contributed by atoms with van der Waals surface area (Å²) in [6.07, 6.45) is 0.726. The molecule has 8 nitrogen and oxygen atoms in total. The first kappa shape index (κ1) is 32.3. The maximum absolute atomic E-state index is 13.1. The Labute approximate surface area is 260 Å². The highest BCUT2D eigenvalue weighted by Gasteiger charge is 2.18. The van der Waals surface area contributed by atoms with E-state index in [4.69, 9.17) is 15.2 Å². The number of hydrogen-bond donors (Lipinski definition) is 4. The molecule has 0 heterocycles. The first-order valence-electron chi connectivity index (χ1n) is 15.0. The van der Waals surface area contributed by atoms with Crippen LogP contribution in [0.2, 0.25) is 0 Å². The number of ether oxygens (including phenoxy) is 2. The van der Waals surface area contributed by atoms with E-state index in [-0.39, 0.29) is 24.6 Å². The van der Waals surface area contributed by atoms with Gasteiger partial charge in [0.1, 0.15) is 12.4 Å². The van der Waals surface area contributed by atoms with E-state index in [0.717, 1.165) is 35.4 Å². The van der Waals surface area contributed by atoms with Crippen LogP contribution in [0.15, 0.2) is 109 Å². The molecule has 0 aromatic heterocycles. The maximum Gasteiger partial charge on any atom is 0.404 e. The Morgan fingerprint density at radius 3 is 1.95 bits per heavy atom.